The third-order valence-electron chi connectivity index (χ3n) is 1.35. The Morgan fingerprint density at radius 1 is 1.36 bits per heavy atom. The lowest BCUT2D eigenvalue weighted by atomic mass is 10.3. The molecule has 0 aliphatic heterocycles. The number of aromatic hydroxyl groups is 1. The molecule has 0 saturated carbocycles. The summed E-state index contributed by atoms with van der Waals surface area (Å²) < 4.78 is 30.3. The van der Waals surface area contributed by atoms with Crippen LogP contribution in [0.3, 0.4) is 0 Å². The normalized spacial score (nSPS) is 11.0. The van der Waals surface area contributed by atoms with E-state index in [4.69, 9.17) is 9.84 Å². The second-order valence-electron chi connectivity index (χ2n) is 2.41. The van der Waals surface area contributed by atoms with Crippen LogP contribution in [0.15, 0.2) is 18.2 Å². The highest BCUT2D eigenvalue weighted by Gasteiger charge is 2.11. The van der Waals surface area contributed by atoms with Gasteiger partial charge in [-0.1, -0.05) is 0 Å². The second-order valence-corrected chi connectivity index (χ2v) is 3.56. The van der Waals surface area contributed by atoms with Gasteiger partial charge in [0.1, 0.15) is 5.75 Å². The monoisotopic (exact) mass is 219 g/mol. The number of hydrogen-bond donors (Lipinski definition) is 2. The maximum Gasteiger partial charge on any atom is 0.380 e. The van der Waals surface area contributed by atoms with Crippen molar-refractivity contribution in [3.8, 4) is 17.2 Å². The lowest BCUT2D eigenvalue weighted by molar-refractivity contribution is 0.385. The predicted octanol–water partition coefficient (Wildman–Crippen LogP) is -0.0169. The molecule has 0 aliphatic rings. The Balaban J connectivity index is 3.09. The fourth-order valence-corrected chi connectivity index (χ4v) is 1.24. The van der Waals surface area contributed by atoms with Gasteiger partial charge in [0.2, 0.25) is 0 Å². The molecule has 0 fully saturated rings. The molecule has 1 aromatic carbocycles. The third-order valence-corrected chi connectivity index (χ3v) is 1.77. The Morgan fingerprint density at radius 3 is 2.50 bits per heavy atom. The quantitative estimate of drug-likeness (QED) is 0.744. The van der Waals surface area contributed by atoms with Gasteiger partial charge in [0, 0.05) is 6.07 Å². The Morgan fingerprint density at radius 2 is 2.00 bits per heavy atom. The predicted molar refractivity (Wildman–Crippen MR) is 48.4 cm³/mol. The standard InChI is InChI=1S/C7H9NO5S/c1-12-7-4-5(9)2-3-6(7)13-14(8,10)11/h2-4,9H,1H3,(H2,8,10,11). The summed E-state index contributed by atoms with van der Waals surface area (Å²) in [4.78, 5) is 0. The molecule has 1 aromatic rings. The van der Waals surface area contributed by atoms with Crippen molar-refractivity contribution in [2.24, 2.45) is 5.14 Å². The van der Waals surface area contributed by atoms with Gasteiger partial charge in [-0.15, -0.1) is 0 Å². The Bertz CT molecular complexity index is 428. The van der Waals surface area contributed by atoms with Gasteiger partial charge in [-0.2, -0.15) is 13.6 Å². The van der Waals surface area contributed by atoms with E-state index in [1.807, 2.05) is 0 Å². The Hall–Kier alpha value is -1.47. The molecule has 3 N–H and O–H groups in total. The van der Waals surface area contributed by atoms with Crippen molar-refractivity contribution in [3.05, 3.63) is 18.2 Å². The molecule has 6 nitrogen and oxygen atoms in total. The second kappa shape index (κ2) is 3.72. The van der Waals surface area contributed by atoms with Crippen LogP contribution >= 0.6 is 0 Å². The van der Waals surface area contributed by atoms with Crippen LogP contribution in [0.5, 0.6) is 17.2 Å². The summed E-state index contributed by atoms with van der Waals surface area (Å²) >= 11 is 0. The van der Waals surface area contributed by atoms with Crippen LogP contribution in [0.1, 0.15) is 0 Å². The fourth-order valence-electron chi connectivity index (χ4n) is 0.850. The van der Waals surface area contributed by atoms with Crippen molar-refractivity contribution in [1.82, 2.24) is 0 Å². The first-order chi connectivity index (χ1) is 6.42. The molecule has 0 atom stereocenters. The SMILES string of the molecule is COc1cc(O)ccc1OS(N)(=O)=O. The molecule has 7 heteroatoms. The largest absolute Gasteiger partial charge is 0.508 e. The summed E-state index contributed by atoms with van der Waals surface area (Å²) in [5.74, 6) is -0.0598. The number of benzene rings is 1. The molecule has 0 unspecified atom stereocenters. The molecule has 0 radical (unpaired) electrons. The van der Waals surface area contributed by atoms with Gasteiger partial charge in [-0.3, -0.25) is 0 Å². The van der Waals surface area contributed by atoms with Gasteiger partial charge in [0.05, 0.1) is 7.11 Å². The highest BCUT2D eigenvalue weighted by Crippen LogP contribution is 2.30. The third kappa shape index (κ3) is 2.79. The summed E-state index contributed by atoms with van der Waals surface area (Å²) in [6.07, 6.45) is 0. The molecule has 0 saturated heterocycles. The maximum atomic E-state index is 10.6. The van der Waals surface area contributed by atoms with Crippen LogP contribution in [0.4, 0.5) is 0 Å². The van der Waals surface area contributed by atoms with Crippen LogP contribution in [-0.4, -0.2) is 20.6 Å². The first-order valence-electron chi connectivity index (χ1n) is 3.51. The van der Waals surface area contributed by atoms with Gasteiger partial charge in [0.25, 0.3) is 0 Å². The van der Waals surface area contributed by atoms with Gasteiger partial charge < -0.3 is 14.0 Å². The van der Waals surface area contributed by atoms with E-state index in [1.54, 1.807) is 0 Å². The van der Waals surface area contributed by atoms with Crippen LogP contribution < -0.4 is 14.1 Å². The van der Waals surface area contributed by atoms with E-state index in [2.05, 4.69) is 9.32 Å². The molecule has 0 heterocycles. The molecule has 0 aliphatic carbocycles. The van der Waals surface area contributed by atoms with E-state index in [0.717, 1.165) is 0 Å². The number of rotatable bonds is 3. The van der Waals surface area contributed by atoms with Gasteiger partial charge >= 0.3 is 10.3 Å². The Labute approximate surface area is 81.1 Å². The van der Waals surface area contributed by atoms with Crippen LogP contribution in [0.25, 0.3) is 0 Å². The van der Waals surface area contributed by atoms with Gasteiger partial charge in [-0.05, 0) is 12.1 Å². The molecular formula is C7H9NO5S. The van der Waals surface area contributed by atoms with E-state index in [9.17, 15) is 8.42 Å². The molecule has 0 spiro atoms. The summed E-state index contributed by atoms with van der Waals surface area (Å²) in [6, 6.07) is 3.70. The average Bonchev–Trinajstić information content (AvgIpc) is 2.06. The lowest BCUT2D eigenvalue weighted by Gasteiger charge is -2.07. The van der Waals surface area contributed by atoms with Gasteiger partial charge in [-0.25, -0.2) is 0 Å². The van der Waals surface area contributed by atoms with E-state index < -0.39 is 10.3 Å². The highest BCUT2D eigenvalue weighted by molar-refractivity contribution is 7.84. The van der Waals surface area contributed by atoms with Crippen molar-refractivity contribution in [2.75, 3.05) is 7.11 Å². The zero-order chi connectivity index (χ0) is 10.8. The molecule has 14 heavy (non-hydrogen) atoms. The smallest absolute Gasteiger partial charge is 0.380 e. The summed E-state index contributed by atoms with van der Waals surface area (Å²) in [5.41, 5.74) is 0. The fraction of sp³-hybridized carbons (Fsp3) is 0.143. The minimum absolute atomic E-state index is 0.0661. The van der Waals surface area contributed by atoms with Crippen molar-refractivity contribution < 1.29 is 22.4 Å². The summed E-state index contributed by atoms with van der Waals surface area (Å²) in [7, 11) is -2.77. The number of phenolic OH excluding ortho intramolecular Hbond substituents is 1. The Kier molecular flexibility index (Phi) is 2.82. The van der Waals surface area contributed by atoms with E-state index in [-0.39, 0.29) is 17.2 Å². The van der Waals surface area contributed by atoms with E-state index in [0.29, 0.717) is 0 Å². The van der Waals surface area contributed by atoms with Crippen molar-refractivity contribution in [2.45, 2.75) is 0 Å². The highest BCUT2D eigenvalue weighted by atomic mass is 32.2. The molecule has 0 aromatic heterocycles. The zero-order valence-corrected chi connectivity index (χ0v) is 8.11. The number of phenols is 1. The van der Waals surface area contributed by atoms with Gasteiger partial charge in [0.15, 0.2) is 11.5 Å². The average molecular weight is 219 g/mol. The van der Waals surface area contributed by atoms with Crippen molar-refractivity contribution >= 4 is 10.3 Å². The summed E-state index contributed by atoms with van der Waals surface area (Å²) in [5, 5.41) is 13.7. The number of methoxy groups -OCH3 is 1. The summed E-state index contributed by atoms with van der Waals surface area (Å²) in [6.45, 7) is 0. The molecule has 1 rings (SSSR count). The first kappa shape index (κ1) is 10.6. The van der Waals surface area contributed by atoms with Crippen LogP contribution in [0, 0.1) is 0 Å². The maximum absolute atomic E-state index is 10.6. The molecule has 0 bridgehead atoms. The topological polar surface area (TPSA) is 98.8 Å². The molecule has 0 amide bonds. The minimum Gasteiger partial charge on any atom is -0.508 e. The van der Waals surface area contributed by atoms with E-state index >= 15 is 0 Å². The lowest BCUT2D eigenvalue weighted by Crippen LogP contribution is -2.19. The molecular weight excluding hydrogens is 210 g/mol. The van der Waals surface area contributed by atoms with Crippen molar-refractivity contribution in [3.63, 3.8) is 0 Å². The first-order valence-corrected chi connectivity index (χ1v) is 4.99. The number of nitrogens with two attached hydrogens (primary N) is 1. The van der Waals surface area contributed by atoms with Crippen LogP contribution in [-0.2, 0) is 10.3 Å². The zero-order valence-electron chi connectivity index (χ0n) is 7.30. The van der Waals surface area contributed by atoms with E-state index in [1.165, 1.54) is 25.3 Å². The molecule has 78 valence electrons. The van der Waals surface area contributed by atoms with Crippen LogP contribution in [0.2, 0.25) is 0 Å². The van der Waals surface area contributed by atoms with Crippen molar-refractivity contribution in [1.29, 1.82) is 0 Å². The minimum atomic E-state index is -4.08. The number of ether oxygens (including phenoxy) is 1. The number of hydrogen-bond acceptors (Lipinski definition) is 5.